The zero-order chi connectivity index (χ0) is 19.7. The first-order chi connectivity index (χ1) is 13.5. The van der Waals surface area contributed by atoms with Crippen molar-refractivity contribution in [3.05, 3.63) is 89.0 Å². The Morgan fingerprint density at radius 2 is 1.79 bits per heavy atom. The number of benzene rings is 2. The van der Waals surface area contributed by atoms with Crippen LogP contribution in [-0.4, -0.2) is 17.4 Å². The van der Waals surface area contributed by atoms with E-state index in [1.807, 2.05) is 12.1 Å². The molecule has 0 unspecified atom stereocenters. The van der Waals surface area contributed by atoms with Gasteiger partial charge in [0, 0.05) is 19.3 Å². The van der Waals surface area contributed by atoms with Gasteiger partial charge in [0.1, 0.15) is 0 Å². The van der Waals surface area contributed by atoms with E-state index >= 15 is 0 Å². The number of anilines is 2. The highest BCUT2D eigenvalue weighted by Gasteiger charge is 2.19. The molecule has 4 rings (SSSR count). The molecular weight excluding hydrogens is 367 g/mol. The molecule has 0 fully saturated rings. The van der Waals surface area contributed by atoms with Crippen LogP contribution in [0.5, 0.6) is 0 Å². The molecule has 3 aromatic rings. The van der Waals surface area contributed by atoms with Gasteiger partial charge in [0.15, 0.2) is 17.5 Å². The number of nitrogens with one attached hydrogen (secondary N) is 1. The third kappa shape index (κ3) is 3.43. The fourth-order valence-corrected chi connectivity index (χ4v) is 3.26. The van der Waals surface area contributed by atoms with E-state index in [9.17, 15) is 18.0 Å². The summed E-state index contributed by atoms with van der Waals surface area (Å²) in [6, 6.07) is 11.5. The van der Waals surface area contributed by atoms with E-state index in [4.69, 9.17) is 0 Å². The van der Waals surface area contributed by atoms with Crippen molar-refractivity contribution in [2.24, 2.45) is 0 Å². The van der Waals surface area contributed by atoms with Crippen molar-refractivity contribution in [2.45, 2.75) is 13.0 Å². The van der Waals surface area contributed by atoms with Gasteiger partial charge in [-0.3, -0.25) is 9.78 Å². The fraction of sp³-hybridized carbons (Fsp3) is 0.143. The molecule has 2 heterocycles. The minimum absolute atomic E-state index is 0.195. The zero-order valence-corrected chi connectivity index (χ0v) is 14.8. The molecule has 1 amide bonds. The molecule has 4 nitrogen and oxygen atoms in total. The minimum Gasteiger partial charge on any atom is -0.366 e. The molecule has 7 heteroatoms. The van der Waals surface area contributed by atoms with Crippen LogP contribution < -0.4 is 10.2 Å². The van der Waals surface area contributed by atoms with E-state index < -0.39 is 29.0 Å². The summed E-state index contributed by atoms with van der Waals surface area (Å²) in [5.41, 5.74) is 3.04. The van der Waals surface area contributed by atoms with Gasteiger partial charge in [0.2, 0.25) is 0 Å². The molecule has 28 heavy (non-hydrogen) atoms. The van der Waals surface area contributed by atoms with Gasteiger partial charge >= 0.3 is 0 Å². The third-order valence-corrected chi connectivity index (χ3v) is 4.77. The standard InChI is InChI=1S/C21H16F3N3O/c22-17-5-6-18(20(24)19(17)23)26-21(28)15-9-16(11-25-10-15)27-8-7-13-3-1-2-4-14(13)12-27/h1-6,9-11H,7-8,12H2,(H,26,28). The Labute approximate surface area is 159 Å². The lowest BCUT2D eigenvalue weighted by atomic mass is 9.99. The summed E-state index contributed by atoms with van der Waals surface area (Å²) >= 11 is 0. The molecule has 142 valence electrons. The van der Waals surface area contributed by atoms with Crippen molar-refractivity contribution in [3.8, 4) is 0 Å². The second-order valence-corrected chi connectivity index (χ2v) is 6.55. The number of hydrogen-bond acceptors (Lipinski definition) is 3. The highest BCUT2D eigenvalue weighted by atomic mass is 19.2. The number of hydrogen-bond donors (Lipinski definition) is 1. The van der Waals surface area contributed by atoms with Crippen molar-refractivity contribution in [3.63, 3.8) is 0 Å². The number of nitrogens with zero attached hydrogens (tertiary/aromatic N) is 2. The molecule has 0 saturated heterocycles. The molecule has 1 aromatic heterocycles. The summed E-state index contributed by atoms with van der Waals surface area (Å²) in [6.07, 6.45) is 3.88. The average molecular weight is 383 g/mol. The average Bonchev–Trinajstić information content (AvgIpc) is 2.74. The molecule has 0 aliphatic carbocycles. The van der Waals surface area contributed by atoms with Gasteiger partial charge in [-0.05, 0) is 35.7 Å². The maximum atomic E-state index is 13.8. The highest BCUT2D eigenvalue weighted by molar-refractivity contribution is 6.04. The quantitative estimate of drug-likeness (QED) is 0.686. The number of carbonyl (C=O) groups is 1. The van der Waals surface area contributed by atoms with Crippen molar-refractivity contribution < 1.29 is 18.0 Å². The summed E-state index contributed by atoms with van der Waals surface area (Å²) in [5, 5.41) is 2.26. The number of carbonyl (C=O) groups excluding carboxylic acids is 1. The molecule has 0 bridgehead atoms. The zero-order valence-electron chi connectivity index (χ0n) is 14.8. The lowest BCUT2D eigenvalue weighted by molar-refractivity contribution is 0.102. The summed E-state index contributed by atoms with van der Waals surface area (Å²) in [4.78, 5) is 18.6. The lowest BCUT2D eigenvalue weighted by Gasteiger charge is -2.30. The highest BCUT2D eigenvalue weighted by Crippen LogP contribution is 2.25. The summed E-state index contributed by atoms with van der Waals surface area (Å²) < 4.78 is 40.2. The van der Waals surface area contributed by atoms with Gasteiger partial charge in [0.25, 0.3) is 5.91 Å². The first kappa shape index (κ1) is 18.0. The molecule has 2 aromatic carbocycles. The predicted octanol–water partition coefficient (Wildman–Crippen LogP) is 4.31. The van der Waals surface area contributed by atoms with Crippen molar-refractivity contribution >= 4 is 17.3 Å². The third-order valence-electron chi connectivity index (χ3n) is 4.77. The van der Waals surface area contributed by atoms with Gasteiger partial charge in [-0.15, -0.1) is 0 Å². The Balaban J connectivity index is 1.54. The number of amides is 1. The van der Waals surface area contributed by atoms with E-state index in [1.165, 1.54) is 17.3 Å². The number of rotatable bonds is 3. The smallest absolute Gasteiger partial charge is 0.257 e. The van der Waals surface area contributed by atoms with Crippen LogP contribution in [0.15, 0.2) is 54.9 Å². The molecule has 0 atom stereocenters. The van der Waals surface area contributed by atoms with Crippen LogP contribution in [0.3, 0.4) is 0 Å². The maximum absolute atomic E-state index is 13.8. The Kier molecular flexibility index (Phi) is 4.73. The SMILES string of the molecule is O=C(Nc1ccc(F)c(F)c1F)c1cncc(N2CCc3ccccc3C2)c1. The molecular formula is C21H16F3N3O. The summed E-state index contributed by atoms with van der Waals surface area (Å²) in [7, 11) is 0. The van der Waals surface area contributed by atoms with Crippen LogP contribution >= 0.6 is 0 Å². The number of fused-ring (bicyclic) bond motifs is 1. The van der Waals surface area contributed by atoms with Crippen LogP contribution in [-0.2, 0) is 13.0 Å². The first-order valence-electron chi connectivity index (χ1n) is 8.74. The van der Waals surface area contributed by atoms with Gasteiger partial charge < -0.3 is 10.2 Å². The van der Waals surface area contributed by atoms with E-state index in [-0.39, 0.29) is 5.56 Å². The molecule has 0 radical (unpaired) electrons. The van der Waals surface area contributed by atoms with Crippen LogP contribution in [0, 0.1) is 17.5 Å². The Hall–Kier alpha value is -3.35. The Morgan fingerprint density at radius 1 is 1.00 bits per heavy atom. The van der Waals surface area contributed by atoms with Crippen LogP contribution in [0.2, 0.25) is 0 Å². The van der Waals surface area contributed by atoms with Crippen molar-refractivity contribution in [1.82, 2.24) is 4.98 Å². The summed E-state index contributed by atoms with van der Waals surface area (Å²) in [5.74, 6) is -5.04. The molecule has 1 N–H and O–H groups in total. The molecule has 1 aliphatic rings. The Morgan fingerprint density at radius 3 is 2.61 bits per heavy atom. The molecule has 0 spiro atoms. The topological polar surface area (TPSA) is 45.2 Å². The van der Waals surface area contributed by atoms with Gasteiger partial charge in [0.05, 0.1) is 23.1 Å². The largest absolute Gasteiger partial charge is 0.366 e. The van der Waals surface area contributed by atoms with Crippen LogP contribution in [0.4, 0.5) is 24.5 Å². The van der Waals surface area contributed by atoms with Gasteiger partial charge in [-0.25, -0.2) is 13.2 Å². The number of halogens is 3. The monoisotopic (exact) mass is 383 g/mol. The van der Waals surface area contributed by atoms with E-state index in [0.717, 1.165) is 30.8 Å². The van der Waals surface area contributed by atoms with E-state index in [0.29, 0.717) is 6.54 Å². The second kappa shape index (κ2) is 7.34. The summed E-state index contributed by atoms with van der Waals surface area (Å²) in [6.45, 7) is 1.47. The van der Waals surface area contributed by atoms with E-state index in [2.05, 4.69) is 27.3 Å². The van der Waals surface area contributed by atoms with Crippen molar-refractivity contribution in [1.29, 1.82) is 0 Å². The predicted molar refractivity (Wildman–Crippen MR) is 99.7 cm³/mol. The van der Waals surface area contributed by atoms with Crippen molar-refractivity contribution in [2.75, 3.05) is 16.8 Å². The van der Waals surface area contributed by atoms with Crippen LogP contribution in [0.25, 0.3) is 0 Å². The lowest BCUT2D eigenvalue weighted by Crippen LogP contribution is -2.30. The number of pyridine rings is 1. The fourth-order valence-electron chi connectivity index (χ4n) is 3.26. The van der Waals surface area contributed by atoms with Gasteiger partial charge in [-0.2, -0.15) is 0 Å². The van der Waals surface area contributed by atoms with Gasteiger partial charge in [-0.1, -0.05) is 24.3 Å². The number of aromatic nitrogens is 1. The Bertz CT molecular complexity index is 1050. The normalized spacial score (nSPS) is 13.2. The second-order valence-electron chi connectivity index (χ2n) is 6.55. The van der Waals surface area contributed by atoms with E-state index in [1.54, 1.807) is 12.3 Å². The molecule has 1 aliphatic heterocycles. The maximum Gasteiger partial charge on any atom is 0.257 e. The first-order valence-corrected chi connectivity index (χ1v) is 8.74. The molecule has 0 saturated carbocycles. The van der Waals surface area contributed by atoms with Crippen LogP contribution in [0.1, 0.15) is 21.5 Å². The minimum atomic E-state index is -1.63.